The molecule has 0 heterocycles. The first-order valence-corrected chi connectivity index (χ1v) is 4.47. The van der Waals surface area contributed by atoms with E-state index in [-0.39, 0.29) is 17.1 Å². The van der Waals surface area contributed by atoms with E-state index in [1.165, 1.54) is 0 Å². The number of rotatable bonds is 0. The lowest BCUT2D eigenvalue weighted by Crippen LogP contribution is -2.44. The largest absolute Gasteiger partial charge is 0.293 e. The first kappa shape index (κ1) is 10.2. The fourth-order valence-corrected chi connectivity index (χ4v) is 2.19. The minimum atomic E-state index is -0.436. The molecule has 0 aromatic carbocycles. The Morgan fingerprint density at radius 3 is 1.62 bits per heavy atom. The minimum absolute atomic E-state index is 0.100. The van der Waals surface area contributed by atoms with Crippen molar-refractivity contribution < 1.29 is 9.59 Å². The van der Waals surface area contributed by atoms with Gasteiger partial charge < -0.3 is 0 Å². The summed E-state index contributed by atoms with van der Waals surface area (Å²) >= 11 is 0. The highest BCUT2D eigenvalue weighted by molar-refractivity contribution is 6.24. The van der Waals surface area contributed by atoms with E-state index in [0.29, 0.717) is 6.42 Å². The van der Waals surface area contributed by atoms with E-state index in [1.54, 1.807) is 0 Å². The summed E-state index contributed by atoms with van der Waals surface area (Å²) in [5, 5.41) is 0. The number of ketones is 2. The summed E-state index contributed by atoms with van der Waals surface area (Å²) in [5.74, 6) is -0.200. The Morgan fingerprint density at radius 2 is 1.31 bits per heavy atom. The highest BCUT2D eigenvalue weighted by atomic mass is 16.2. The van der Waals surface area contributed by atoms with Gasteiger partial charge in [0.1, 0.15) is 0 Å². The molecule has 72 valence electrons. The summed E-state index contributed by atoms with van der Waals surface area (Å²) in [6, 6.07) is 0. The Balaban J connectivity index is 3.14. The van der Waals surface area contributed by atoms with Crippen LogP contribution in [0.15, 0.2) is 12.2 Å². The first-order valence-electron chi connectivity index (χ1n) is 4.47. The summed E-state index contributed by atoms with van der Waals surface area (Å²) in [7, 11) is 0. The molecule has 0 bridgehead atoms. The van der Waals surface area contributed by atoms with Crippen molar-refractivity contribution in [1.29, 1.82) is 0 Å². The molecule has 1 rings (SSSR count). The third kappa shape index (κ3) is 1.45. The van der Waals surface area contributed by atoms with Crippen LogP contribution >= 0.6 is 0 Å². The van der Waals surface area contributed by atoms with E-state index < -0.39 is 10.8 Å². The normalized spacial score (nSPS) is 26.3. The molecule has 0 spiro atoms. The second-order valence-corrected chi connectivity index (χ2v) is 5.08. The molecule has 2 heteroatoms. The van der Waals surface area contributed by atoms with Crippen LogP contribution < -0.4 is 0 Å². The fraction of sp³-hybridized carbons (Fsp3) is 0.636. The van der Waals surface area contributed by atoms with Crippen LogP contribution in [-0.4, -0.2) is 11.6 Å². The average molecular weight is 180 g/mol. The van der Waals surface area contributed by atoms with Gasteiger partial charge in [-0.3, -0.25) is 9.59 Å². The van der Waals surface area contributed by atoms with Crippen LogP contribution in [-0.2, 0) is 9.59 Å². The quantitative estimate of drug-likeness (QED) is 0.423. The van der Waals surface area contributed by atoms with Gasteiger partial charge in [0.15, 0.2) is 11.6 Å². The average Bonchev–Trinajstić information content (AvgIpc) is 1.96. The van der Waals surface area contributed by atoms with E-state index in [0.717, 1.165) is 0 Å². The van der Waals surface area contributed by atoms with Crippen molar-refractivity contribution in [2.45, 2.75) is 34.1 Å². The van der Waals surface area contributed by atoms with Gasteiger partial charge in [0, 0.05) is 10.8 Å². The van der Waals surface area contributed by atoms with Gasteiger partial charge in [-0.05, 0) is 6.42 Å². The van der Waals surface area contributed by atoms with Crippen LogP contribution in [0.3, 0.4) is 0 Å². The Kier molecular flexibility index (Phi) is 1.98. The standard InChI is InChI=1S/C11H16O2/c1-7-8(12)10(2,3)6-11(4,5)9(7)13/h1,6H2,2-5H3. The van der Waals surface area contributed by atoms with Crippen LogP contribution in [0.25, 0.3) is 0 Å². The Labute approximate surface area is 79.0 Å². The second-order valence-electron chi connectivity index (χ2n) is 5.08. The molecule has 0 unspecified atom stereocenters. The van der Waals surface area contributed by atoms with Gasteiger partial charge in [-0.25, -0.2) is 0 Å². The molecule has 0 aliphatic heterocycles. The van der Waals surface area contributed by atoms with Gasteiger partial charge in [-0.15, -0.1) is 0 Å². The molecule has 0 amide bonds. The molecule has 0 atom stereocenters. The zero-order valence-electron chi connectivity index (χ0n) is 8.73. The molecule has 0 N–H and O–H groups in total. The maximum Gasteiger partial charge on any atom is 0.171 e. The van der Waals surface area contributed by atoms with Gasteiger partial charge in [0.25, 0.3) is 0 Å². The van der Waals surface area contributed by atoms with Crippen molar-refractivity contribution in [2.24, 2.45) is 10.8 Å². The van der Waals surface area contributed by atoms with Gasteiger partial charge in [0.2, 0.25) is 0 Å². The zero-order chi connectivity index (χ0) is 10.4. The maximum absolute atomic E-state index is 11.6. The van der Waals surface area contributed by atoms with Crippen molar-refractivity contribution in [2.75, 3.05) is 0 Å². The number of carbonyl (C=O) groups excluding carboxylic acids is 2. The summed E-state index contributed by atoms with van der Waals surface area (Å²) in [6.07, 6.45) is 0.608. The number of hydrogen-bond acceptors (Lipinski definition) is 2. The molecule has 0 saturated heterocycles. The predicted molar refractivity (Wildman–Crippen MR) is 51.3 cm³/mol. The lowest BCUT2D eigenvalue weighted by Gasteiger charge is -2.38. The smallest absolute Gasteiger partial charge is 0.171 e. The molecular formula is C11H16O2. The number of Topliss-reactive ketones (excluding diaryl/α,β-unsaturated/α-hetero) is 2. The van der Waals surface area contributed by atoms with Crippen LogP contribution in [0.4, 0.5) is 0 Å². The lowest BCUT2D eigenvalue weighted by atomic mass is 9.62. The number of hydrogen-bond donors (Lipinski definition) is 0. The van der Waals surface area contributed by atoms with Crippen molar-refractivity contribution >= 4 is 11.6 Å². The SMILES string of the molecule is C=C1C(=O)C(C)(C)CC(C)(C)C1=O. The second kappa shape index (κ2) is 2.53. The van der Waals surface area contributed by atoms with Crippen molar-refractivity contribution in [3.05, 3.63) is 12.2 Å². The zero-order valence-corrected chi connectivity index (χ0v) is 8.73. The van der Waals surface area contributed by atoms with Crippen LogP contribution in [0.2, 0.25) is 0 Å². The molecule has 1 aliphatic rings. The van der Waals surface area contributed by atoms with Crippen molar-refractivity contribution in [3.63, 3.8) is 0 Å². The third-order valence-electron chi connectivity index (χ3n) is 2.66. The molecule has 1 aliphatic carbocycles. The highest BCUT2D eigenvalue weighted by Gasteiger charge is 2.47. The number of allylic oxidation sites excluding steroid dienone is 1. The van der Waals surface area contributed by atoms with Crippen LogP contribution in [0.5, 0.6) is 0 Å². The van der Waals surface area contributed by atoms with Gasteiger partial charge in [-0.1, -0.05) is 34.3 Å². The topological polar surface area (TPSA) is 34.1 Å². The van der Waals surface area contributed by atoms with Gasteiger partial charge >= 0.3 is 0 Å². The highest BCUT2D eigenvalue weighted by Crippen LogP contribution is 2.42. The third-order valence-corrected chi connectivity index (χ3v) is 2.66. The summed E-state index contributed by atoms with van der Waals surface area (Å²) in [4.78, 5) is 23.2. The van der Waals surface area contributed by atoms with Crippen LogP contribution in [0, 0.1) is 10.8 Å². The number of carbonyl (C=O) groups is 2. The first-order chi connectivity index (χ1) is 5.68. The van der Waals surface area contributed by atoms with E-state index in [9.17, 15) is 9.59 Å². The van der Waals surface area contributed by atoms with E-state index in [2.05, 4.69) is 6.58 Å². The van der Waals surface area contributed by atoms with E-state index >= 15 is 0 Å². The van der Waals surface area contributed by atoms with Crippen molar-refractivity contribution in [1.82, 2.24) is 0 Å². The van der Waals surface area contributed by atoms with E-state index in [1.807, 2.05) is 27.7 Å². The summed E-state index contributed by atoms with van der Waals surface area (Å²) in [5.41, 5.74) is -0.704. The minimum Gasteiger partial charge on any atom is -0.293 e. The monoisotopic (exact) mass is 180 g/mol. The molecule has 0 aromatic rings. The van der Waals surface area contributed by atoms with Crippen molar-refractivity contribution in [3.8, 4) is 0 Å². The maximum atomic E-state index is 11.6. The lowest BCUT2D eigenvalue weighted by molar-refractivity contribution is -0.137. The molecule has 0 radical (unpaired) electrons. The van der Waals surface area contributed by atoms with Crippen LogP contribution in [0.1, 0.15) is 34.1 Å². The summed E-state index contributed by atoms with van der Waals surface area (Å²) < 4.78 is 0. The molecule has 0 aromatic heterocycles. The Morgan fingerprint density at radius 1 is 1.00 bits per heavy atom. The molecule has 2 nitrogen and oxygen atoms in total. The van der Waals surface area contributed by atoms with Gasteiger partial charge in [0.05, 0.1) is 5.57 Å². The molecule has 1 fully saturated rings. The molecule has 1 saturated carbocycles. The molecule has 13 heavy (non-hydrogen) atoms. The summed E-state index contributed by atoms with van der Waals surface area (Å²) in [6.45, 7) is 11.0. The fourth-order valence-electron chi connectivity index (χ4n) is 2.19. The van der Waals surface area contributed by atoms with Gasteiger partial charge in [-0.2, -0.15) is 0 Å². The molecular weight excluding hydrogens is 164 g/mol. The Bertz CT molecular complexity index is 267. The van der Waals surface area contributed by atoms with E-state index in [4.69, 9.17) is 0 Å². The Hall–Kier alpha value is -0.920. The predicted octanol–water partition coefficient (Wildman–Crippen LogP) is 2.14.